The van der Waals surface area contributed by atoms with Crippen molar-refractivity contribution in [2.24, 2.45) is 0 Å². The number of hydrogen-bond acceptors (Lipinski definition) is 6. The molecule has 0 radical (unpaired) electrons. The number of ether oxygens (including phenoxy) is 4. The maximum Gasteiger partial charge on any atom is 0.325 e. The number of hydrogen-bond donors (Lipinski definition) is 1. The first-order chi connectivity index (χ1) is 8.26. The molecule has 6 nitrogen and oxygen atoms in total. The number of nitrogens with one attached hydrogen (secondary N) is 1. The fourth-order valence-electron chi connectivity index (χ4n) is 1.08. The molecule has 6 heteroatoms. The van der Waals surface area contributed by atoms with Crippen molar-refractivity contribution >= 4 is 5.97 Å². The molecule has 102 valence electrons. The third-order valence-electron chi connectivity index (χ3n) is 2.01. The summed E-state index contributed by atoms with van der Waals surface area (Å²) < 4.78 is 20.2. The first kappa shape index (κ1) is 16.3. The number of rotatable bonds is 11. The fourth-order valence-corrected chi connectivity index (χ4v) is 1.08. The van der Waals surface area contributed by atoms with Crippen LogP contribution in [0.3, 0.4) is 0 Å². The second-order valence-corrected chi connectivity index (χ2v) is 3.27. The highest BCUT2D eigenvalue weighted by atomic mass is 16.5. The van der Waals surface area contributed by atoms with Gasteiger partial charge in [-0.15, -0.1) is 0 Å². The van der Waals surface area contributed by atoms with E-state index in [9.17, 15) is 4.79 Å². The molecule has 1 unspecified atom stereocenters. The number of methoxy groups -OCH3 is 1. The van der Waals surface area contributed by atoms with Gasteiger partial charge < -0.3 is 24.3 Å². The first-order valence-corrected chi connectivity index (χ1v) is 5.74. The van der Waals surface area contributed by atoms with Gasteiger partial charge in [0.25, 0.3) is 0 Å². The molecule has 0 aliphatic rings. The van der Waals surface area contributed by atoms with Gasteiger partial charge in [0.15, 0.2) is 0 Å². The molecule has 0 amide bonds. The van der Waals surface area contributed by atoms with Gasteiger partial charge in [0.05, 0.1) is 39.6 Å². The summed E-state index contributed by atoms with van der Waals surface area (Å²) in [6.45, 7) is 4.48. The number of carbonyl (C=O) groups excluding carboxylic acids is 1. The lowest BCUT2D eigenvalue weighted by Gasteiger charge is -2.14. The summed E-state index contributed by atoms with van der Waals surface area (Å²) in [5.74, 6) is -0.296. The predicted molar refractivity (Wildman–Crippen MR) is 63.0 cm³/mol. The minimum atomic E-state index is -0.422. The topological polar surface area (TPSA) is 66.0 Å². The standard InChI is InChI=1S/C11H23NO5/c1-4-17-11(13)10(12-2)9-16-8-7-15-6-5-14-3/h10,12H,4-9H2,1-3H3. The number of likely N-dealkylation sites (N-methyl/N-ethyl adjacent to an activating group) is 1. The Morgan fingerprint density at radius 1 is 1.18 bits per heavy atom. The first-order valence-electron chi connectivity index (χ1n) is 5.74. The maximum absolute atomic E-state index is 11.4. The Labute approximate surface area is 103 Å². The molecule has 1 atom stereocenters. The SMILES string of the molecule is CCOC(=O)C(COCCOCCOC)NC. The Bertz CT molecular complexity index is 189. The lowest BCUT2D eigenvalue weighted by Crippen LogP contribution is -2.39. The van der Waals surface area contributed by atoms with Crippen molar-refractivity contribution in [2.45, 2.75) is 13.0 Å². The Morgan fingerprint density at radius 2 is 1.82 bits per heavy atom. The monoisotopic (exact) mass is 249 g/mol. The van der Waals surface area contributed by atoms with Gasteiger partial charge in [0.2, 0.25) is 0 Å². The van der Waals surface area contributed by atoms with E-state index in [1.165, 1.54) is 0 Å². The molecule has 17 heavy (non-hydrogen) atoms. The molecule has 0 heterocycles. The minimum absolute atomic E-state index is 0.281. The van der Waals surface area contributed by atoms with Crippen LogP contribution in [-0.4, -0.2) is 65.8 Å². The van der Waals surface area contributed by atoms with E-state index in [4.69, 9.17) is 18.9 Å². The van der Waals surface area contributed by atoms with E-state index < -0.39 is 6.04 Å². The quantitative estimate of drug-likeness (QED) is 0.405. The van der Waals surface area contributed by atoms with Gasteiger partial charge in [-0.1, -0.05) is 0 Å². The number of esters is 1. The van der Waals surface area contributed by atoms with Gasteiger partial charge in [-0.25, -0.2) is 0 Å². The zero-order chi connectivity index (χ0) is 12.9. The van der Waals surface area contributed by atoms with Gasteiger partial charge in [-0.05, 0) is 14.0 Å². The van der Waals surface area contributed by atoms with Crippen molar-refractivity contribution in [1.29, 1.82) is 0 Å². The van der Waals surface area contributed by atoms with Crippen LogP contribution in [0.2, 0.25) is 0 Å². The molecule has 0 aromatic carbocycles. The van der Waals surface area contributed by atoms with Crippen molar-refractivity contribution in [3.8, 4) is 0 Å². The maximum atomic E-state index is 11.4. The molecule has 0 aromatic rings. The number of carbonyl (C=O) groups is 1. The molecule has 1 N–H and O–H groups in total. The molecule has 0 saturated carbocycles. The van der Waals surface area contributed by atoms with Crippen molar-refractivity contribution in [2.75, 3.05) is 53.8 Å². The second kappa shape index (κ2) is 11.8. The van der Waals surface area contributed by atoms with Crippen molar-refractivity contribution < 1.29 is 23.7 Å². The van der Waals surface area contributed by atoms with Crippen LogP contribution >= 0.6 is 0 Å². The van der Waals surface area contributed by atoms with Crippen LogP contribution in [0.4, 0.5) is 0 Å². The van der Waals surface area contributed by atoms with Crippen LogP contribution in [0.5, 0.6) is 0 Å². The normalized spacial score (nSPS) is 12.4. The van der Waals surface area contributed by atoms with Crippen LogP contribution in [0.1, 0.15) is 6.92 Å². The average molecular weight is 249 g/mol. The van der Waals surface area contributed by atoms with Gasteiger partial charge in [-0.2, -0.15) is 0 Å². The highest BCUT2D eigenvalue weighted by Crippen LogP contribution is 1.91. The molecule has 0 fully saturated rings. The summed E-state index contributed by atoms with van der Waals surface area (Å²) in [5.41, 5.74) is 0. The summed E-state index contributed by atoms with van der Waals surface area (Å²) in [6, 6.07) is -0.422. The third kappa shape index (κ3) is 9.05. The van der Waals surface area contributed by atoms with E-state index in [1.807, 2.05) is 0 Å². The summed E-state index contributed by atoms with van der Waals surface area (Å²) in [4.78, 5) is 11.4. The molecule has 0 rings (SSSR count). The fraction of sp³-hybridized carbons (Fsp3) is 0.909. The Morgan fingerprint density at radius 3 is 2.41 bits per heavy atom. The van der Waals surface area contributed by atoms with E-state index in [0.717, 1.165) is 0 Å². The summed E-state index contributed by atoms with van der Waals surface area (Å²) in [5, 5.41) is 2.84. The van der Waals surface area contributed by atoms with E-state index in [-0.39, 0.29) is 12.6 Å². The zero-order valence-corrected chi connectivity index (χ0v) is 10.9. The van der Waals surface area contributed by atoms with Gasteiger partial charge in [-0.3, -0.25) is 4.79 Å². The third-order valence-corrected chi connectivity index (χ3v) is 2.01. The van der Waals surface area contributed by atoms with Crippen LogP contribution < -0.4 is 5.32 Å². The Balaban J connectivity index is 3.46. The summed E-state index contributed by atoms with van der Waals surface area (Å²) in [6.07, 6.45) is 0. The molecule has 0 aromatic heterocycles. The molecule has 0 spiro atoms. The van der Waals surface area contributed by atoms with Gasteiger partial charge in [0.1, 0.15) is 6.04 Å². The van der Waals surface area contributed by atoms with Crippen molar-refractivity contribution in [1.82, 2.24) is 5.32 Å². The lowest BCUT2D eigenvalue weighted by atomic mass is 10.3. The Hall–Kier alpha value is -0.690. The van der Waals surface area contributed by atoms with Gasteiger partial charge >= 0.3 is 5.97 Å². The van der Waals surface area contributed by atoms with Crippen LogP contribution in [0, 0.1) is 0 Å². The highest BCUT2D eigenvalue weighted by molar-refractivity contribution is 5.75. The summed E-state index contributed by atoms with van der Waals surface area (Å²) >= 11 is 0. The van der Waals surface area contributed by atoms with Crippen molar-refractivity contribution in [3.05, 3.63) is 0 Å². The van der Waals surface area contributed by atoms with Gasteiger partial charge in [0, 0.05) is 7.11 Å². The summed E-state index contributed by atoms with van der Waals surface area (Å²) in [7, 11) is 3.32. The predicted octanol–water partition coefficient (Wildman–Crippen LogP) is -0.183. The van der Waals surface area contributed by atoms with E-state index in [1.54, 1.807) is 21.1 Å². The molecule has 0 bridgehead atoms. The molecule has 0 aliphatic heterocycles. The molecule has 0 saturated heterocycles. The minimum Gasteiger partial charge on any atom is -0.465 e. The molecule has 0 aliphatic carbocycles. The molecular formula is C11H23NO5. The van der Waals surface area contributed by atoms with E-state index >= 15 is 0 Å². The zero-order valence-electron chi connectivity index (χ0n) is 10.9. The lowest BCUT2D eigenvalue weighted by molar-refractivity contribution is -0.147. The largest absolute Gasteiger partial charge is 0.465 e. The van der Waals surface area contributed by atoms with Crippen LogP contribution in [0.25, 0.3) is 0 Å². The average Bonchev–Trinajstić information content (AvgIpc) is 2.33. The van der Waals surface area contributed by atoms with Crippen LogP contribution in [0.15, 0.2) is 0 Å². The van der Waals surface area contributed by atoms with Crippen molar-refractivity contribution in [3.63, 3.8) is 0 Å². The molecular weight excluding hydrogens is 226 g/mol. The van der Waals surface area contributed by atoms with Crippen LogP contribution in [-0.2, 0) is 23.7 Å². The Kier molecular flexibility index (Phi) is 11.3. The van der Waals surface area contributed by atoms with E-state index in [0.29, 0.717) is 33.0 Å². The smallest absolute Gasteiger partial charge is 0.325 e. The highest BCUT2D eigenvalue weighted by Gasteiger charge is 2.17. The van der Waals surface area contributed by atoms with E-state index in [2.05, 4.69) is 5.32 Å². The second-order valence-electron chi connectivity index (χ2n) is 3.27.